The van der Waals surface area contributed by atoms with Gasteiger partial charge in [-0.15, -0.1) is 0 Å². The zero-order valence-electron chi connectivity index (χ0n) is 15.6. The number of benzene rings is 1. The van der Waals surface area contributed by atoms with Crippen LogP contribution in [-0.4, -0.2) is 29.1 Å². The Morgan fingerprint density at radius 1 is 1.21 bits per heavy atom. The van der Waals surface area contributed by atoms with Crippen molar-refractivity contribution in [3.63, 3.8) is 0 Å². The zero-order chi connectivity index (χ0) is 18.5. The number of anilines is 1. The maximum Gasteiger partial charge on any atom is 0.251 e. The van der Waals surface area contributed by atoms with Gasteiger partial charge < -0.3 is 15.7 Å². The van der Waals surface area contributed by atoms with Crippen LogP contribution in [0, 0.1) is 11.3 Å². The van der Waals surface area contributed by atoms with Gasteiger partial charge in [-0.3, -0.25) is 9.59 Å². The topological polar surface area (TPSA) is 78.4 Å². The molecular formula is C19H30N2O3. The predicted octanol–water partition coefficient (Wildman–Crippen LogP) is 3.20. The fourth-order valence-corrected chi connectivity index (χ4v) is 2.03. The molecule has 0 aliphatic carbocycles. The van der Waals surface area contributed by atoms with Gasteiger partial charge in [0.1, 0.15) is 0 Å². The summed E-state index contributed by atoms with van der Waals surface area (Å²) >= 11 is 0. The summed E-state index contributed by atoms with van der Waals surface area (Å²) in [5.41, 5.74) is -0.437. The van der Waals surface area contributed by atoms with E-state index >= 15 is 0 Å². The average Bonchev–Trinajstić information content (AvgIpc) is 2.51. The summed E-state index contributed by atoms with van der Waals surface area (Å²) in [6.45, 7) is 11.3. The summed E-state index contributed by atoms with van der Waals surface area (Å²) < 4.78 is 0. The molecule has 0 aliphatic rings. The van der Waals surface area contributed by atoms with Crippen molar-refractivity contribution in [1.29, 1.82) is 0 Å². The molecule has 0 aliphatic heterocycles. The van der Waals surface area contributed by atoms with Gasteiger partial charge in [-0.05, 0) is 31.0 Å². The van der Waals surface area contributed by atoms with Crippen LogP contribution in [0.2, 0.25) is 0 Å². The Bertz CT molecular complexity index is 589. The molecule has 0 bridgehead atoms. The normalized spacial score (nSPS) is 15.3. The molecule has 3 N–H and O–H groups in total. The van der Waals surface area contributed by atoms with Gasteiger partial charge in [0.25, 0.3) is 5.91 Å². The number of aliphatic hydroxyl groups is 1. The molecule has 0 fully saturated rings. The number of amides is 2. The molecule has 0 saturated heterocycles. The Morgan fingerprint density at radius 3 is 2.38 bits per heavy atom. The molecule has 2 unspecified atom stereocenters. The molecule has 2 amide bonds. The monoisotopic (exact) mass is 334 g/mol. The molecule has 134 valence electrons. The molecule has 0 spiro atoms. The van der Waals surface area contributed by atoms with Crippen molar-refractivity contribution in [1.82, 2.24) is 5.32 Å². The van der Waals surface area contributed by atoms with E-state index in [9.17, 15) is 14.7 Å². The zero-order valence-corrected chi connectivity index (χ0v) is 15.6. The summed E-state index contributed by atoms with van der Waals surface area (Å²) in [4.78, 5) is 24.3. The third-order valence-corrected chi connectivity index (χ3v) is 4.34. The number of nitrogens with one attached hydrogen (secondary N) is 2. The van der Waals surface area contributed by atoms with Crippen LogP contribution in [-0.2, 0) is 4.79 Å². The summed E-state index contributed by atoms with van der Waals surface area (Å²) in [7, 11) is 0. The van der Waals surface area contributed by atoms with E-state index in [1.807, 2.05) is 34.6 Å². The molecule has 5 heteroatoms. The van der Waals surface area contributed by atoms with Gasteiger partial charge >= 0.3 is 0 Å². The summed E-state index contributed by atoms with van der Waals surface area (Å²) in [5, 5.41) is 15.9. The highest BCUT2D eigenvalue weighted by Gasteiger charge is 2.27. The number of hydrogen-bond acceptors (Lipinski definition) is 3. The van der Waals surface area contributed by atoms with E-state index in [1.54, 1.807) is 31.2 Å². The molecule has 2 atom stereocenters. The summed E-state index contributed by atoms with van der Waals surface area (Å²) in [5.74, 6) is -0.305. The molecule has 1 aromatic carbocycles. The average molecular weight is 334 g/mol. The van der Waals surface area contributed by atoms with Gasteiger partial charge in [-0.25, -0.2) is 0 Å². The first-order valence-electron chi connectivity index (χ1n) is 8.39. The van der Waals surface area contributed by atoms with Gasteiger partial charge in [0.05, 0.1) is 5.60 Å². The van der Waals surface area contributed by atoms with Crippen LogP contribution in [0.4, 0.5) is 5.69 Å². The van der Waals surface area contributed by atoms with Crippen molar-refractivity contribution in [3.05, 3.63) is 29.8 Å². The molecule has 0 radical (unpaired) electrons. The molecule has 24 heavy (non-hydrogen) atoms. The van der Waals surface area contributed by atoms with Crippen LogP contribution in [0.5, 0.6) is 0 Å². The van der Waals surface area contributed by atoms with Gasteiger partial charge in [-0.2, -0.15) is 0 Å². The number of hydrogen-bond donors (Lipinski definition) is 3. The third-order valence-electron chi connectivity index (χ3n) is 4.34. The fraction of sp³-hybridized carbons (Fsp3) is 0.579. The van der Waals surface area contributed by atoms with E-state index in [-0.39, 0.29) is 24.3 Å². The van der Waals surface area contributed by atoms with Crippen LogP contribution in [0.25, 0.3) is 0 Å². The van der Waals surface area contributed by atoms with E-state index in [4.69, 9.17) is 0 Å². The summed E-state index contributed by atoms with van der Waals surface area (Å²) in [6.07, 6.45) is 0.831. The minimum absolute atomic E-state index is 0.0789. The first kappa shape index (κ1) is 20.2. The van der Waals surface area contributed by atoms with E-state index in [0.717, 1.165) is 6.42 Å². The van der Waals surface area contributed by atoms with Crippen LogP contribution in [0.15, 0.2) is 24.3 Å². The van der Waals surface area contributed by atoms with Crippen molar-refractivity contribution < 1.29 is 14.7 Å². The molecule has 0 aromatic heterocycles. The molecule has 1 aromatic rings. The number of carbonyl (C=O) groups is 2. The van der Waals surface area contributed by atoms with E-state index < -0.39 is 11.0 Å². The van der Waals surface area contributed by atoms with E-state index in [0.29, 0.717) is 11.3 Å². The van der Waals surface area contributed by atoms with E-state index in [1.165, 1.54) is 0 Å². The van der Waals surface area contributed by atoms with Crippen LogP contribution >= 0.6 is 0 Å². The first-order valence-corrected chi connectivity index (χ1v) is 8.39. The van der Waals surface area contributed by atoms with Gasteiger partial charge in [-0.1, -0.05) is 47.1 Å². The first-order chi connectivity index (χ1) is 11.0. The van der Waals surface area contributed by atoms with Crippen molar-refractivity contribution in [2.24, 2.45) is 11.3 Å². The number of rotatable bonds is 6. The maximum absolute atomic E-state index is 12.3. The Labute approximate surface area is 144 Å². The van der Waals surface area contributed by atoms with Crippen molar-refractivity contribution in [3.8, 4) is 0 Å². The molecule has 5 nitrogen and oxygen atoms in total. The highest BCUT2D eigenvalue weighted by molar-refractivity contribution is 5.98. The molecule has 0 saturated carbocycles. The minimum atomic E-state index is -0.956. The molecule has 1 rings (SSSR count). The number of carbonyl (C=O) groups excluding carboxylic acids is 2. The second-order valence-corrected chi connectivity index (χ2v) is 7.63. The highest BCUT2D eigenvalue weighted by atomic mass is 16.3. The lowest BCUT2D eigenvalue weighted by molar-refractivity contribution is -0.123. The van der Waals surface area contributed by atoms with Crippen molar-refractivity contribution in [2.75, 3.05) is 11.9 Å². The Kier molecular flexibility index (Phi) is 6.55. The molecule has 0 heterocycles. The van der Waals surface area contributed by atoms with Crippen molar-refractivity contribution in [2.45, 2.75) is 53.6 Å². The maximum atomic E-state index is 12.3. The lowest BCUT2D eigenvalue weighted by Gasteiger charge is -2.29. The Morgan fingerprint density at radius 2 is 1.83 bits per heavy atom. The van der Waals surface area contributed by atoms with Gasteiger partial charge in [0.15, 0.2) is 0 Å². The minimum Gasteiger partial charge on any atom is -0.388 e. The molecular weight excluding hydrogens is 304 g/mol. The SMILES string of the molecule is CCC(C)C(C)(O)CNC(=O)c1cccc(NC(=O)C(C)(C)C)c1. The lowest BCUT2D eigenvalue weighted by atomic mass is 9.88. The van der Waals surface area contributed by atoms with Gasteiger partial charge in [0, 0.05) is 23.2 Å². The second-order valence-electron chi connectivity index (χ2n) is 7.63. The third kappa shape index (κ3) is 5.64. The van der Waals surface area contributed by atoms with Crippen LogP contribution in [0.1, 0.15) is 58.3 Å². The van der Waals surface area contributed by atoms with Crippen molar-refractivity contribution >= 4 is 17.5 Å². The highest BCUT2D eigenvalue weighted by Crippen LogP contribution is 2.20. The van der Waals surface area contributed by atoms with Crippen LogP contribution in [0.3, 0.4) is 0 Å². The smallest absolute Gasteiger partial charge is 0.251 e. The summed E-state index contributed by atoms with van der Waals surface area (Å²) in [6, 6.07) is 6.78. The van der Waals surface area contributed by atoms with E-state index in [2.05, 4.69) is 10.6 Å². The van der Waals surface area contributed by atoms with Gasteiger partial charge in [0.2, 0.25) is 5.91 Å². The lowest BCUT2D eigenvalue weighted by Crippen LogP contribution is -2.45. The Hall–Kier alpha value is -1.88. The standard InChI is InChI=1S/C19H30N2O3/c1-7-13(2)19(6,24)12-20-16(22)14-9-8-10-15(11-14)21-17(23)18(3,4)5/h8-11,13,24H,7,12H2,1-6H3,(H,20,22)(H,21,23). The quantitative estimate of drug-likeness (QED) is 0.747. The largest absolute Gasteiger partial charge is 0.388 e. The fourth-order valence-electron chi connectivity index (χ4n) is 2.03. The Balaban J connectivity index is 2.76. The predicted molar refractivity (Wildman–Crippen MR) is 96.9 cm³/mol. The second kappa shape index (κ2) is 7.79. The van der Waals surface area contributed by atoms with Crippen LogP contribution < -0.4 is 10.6 Å².